The number of aromatic nitrogens is 2. The number of carbonyl (C=O) groups is 2. The van der Waals surface area contributed by atoms with Gasteiger partial charge in [0.25, 0.3) is 5.91 Å². The minimum absolute atomic E-state index is 0.153. The molecule has 2 N–H and O–H groups in total. The monoisotopic (exact) mass is 267 g/mol. The quantitative estimate of drug-likeness (QED) is 0.777. The van der Waals surface area contributed by atoms with E-state index in [4.69, 9.17) is 5.11 Å². The van der Waals surface area contributed by atoms with Gasteiger partial charge in [-0.15, -0.1) is 0 Å². The van der Waals surface area contributed by atoms with E-state index < -0.39 is 11.9 Å². The van der Waals surface area contributed by atoms with Crippen molar-refractivity contribution in [3.63, 3.8) is 0 Å². The summed E-state index contributed by atoms with van der Waals surface area (Å²) in [6.45, 7) is 4.00. The van der Waals surface area contributed by atoms with E-state index in [9.17, 15) is 9.59 Å². The normalized spacial score (nSPS) is 12.2. The van der Waals surface area contributed by atoms with Crippen LogP contribution in [0.5, 0.6) is 0 Å². The molecule has 19 heavy (non-hydrogen) atoms. The zero-order chi connectivity index (χ0) is 14.4. The number of aryl methyl sites for hydroxylation is 2. The number of aliphatic carboxylic acids is 1. The van der Waals surface area contributed by atoms with Crippen LogP contribution in [0.1, 0.15) is 42.7 Å². The molecule has 1 rings (SSSR count). The highest BCUT2D eigenvalue weighted by atomic mass is 16.4. The van der Waals surface area contributed by atoms with E-state index in [1.54, 1.807) is 17.9 Å². The molecule has 6 heteroatoms. The minimum Gasteiger partial charge on any atom is -0.481 e. The third-order valence-electron chi connectivity index (χ3n) is 2.98. The average Bonchev–Trinajstić information content (AvgIpc) is 2.75. The summed E-state index contributed by atoms with van der Waals surface area (Å²) < 4.78 is 1.59. The highest BCUT2D eigenvalue weighted by Crippen LogP contribution is 2.09. The molecule has 1 aromatic heterocycles. The Labute approximate surface area is 112 Å². The molecule has 1 unspecified atom stereocenters. The third-order valence-corrected chi connectivity index (χ3v) is 2.98. The number of nitrogens with one attached hydrogen (secondary N) is 1. The zero-order valence-electron chi connectivity index (χ0n) is 11.6. The fraction of sp³-hybridized carbons (Fsp3) is 0.615. The first-order valence-electron chi connectivity index (χ1n) is 6.53. The second kappa shape index (κ2) is 6.92. The van der Waals surface area contributed by atoms with Gasteiger partial charge in [-0.05, 0) is 12.8 Å². The molecule has 0 aliphatic carbocycles. The lowest BCUT2D eigenvalue weighted by molar-refractivity contribution is -0.141. The second-order valence-electron chi connectivity index (χ2n) is 4.55. The van der Waals surface area contributed by atoms with Crippen LogP contribution < -0.4 is 5.32 Å². The fourth-order valence-electron chi connectivity index (χ4n) is 1.96. The molecule has 1 atom stereocenters. The highest BCUT2D eigenvalue weighted by molar-refractivity contribution is 5.95. The van der Waals surface area contributed by atoms with Gasteiger partial charge in [-0.25, -0.2) is 0 Å². The van der Waals surface area contributed by atoms with Crippen molar-refractivity contribution in [3.8, 4) is 0 Å². The van der Waals surface area contributed by atoms with E-state index in [0.29, 0.717) is 18.4 Å². The number of carboxylic acids is 1. The smallest absolute Gasteiger partial charge is 0.308 e. The van der Waals surface area contributed by atoms with Crippen molar-refractivity contribution in [2.75, 3.05) is 6.54 Å². The van der Waals surface area contributed by atoms with Gasteiger partial charge in [0.05, 0.1) is 17.2 Å². The number of carbonyl (C=O) groups excluding carboxylic acids is 1. The Balaban J connectivity index is 2.66. The van der Waals surface area contributed by atoms with Gasteiger partial charge in [-0.2, -0.15) is 5.10 Å². The molecule has 0 aliphatic rings. The van der Waals surface area contributed by atoms with Crippen molar-refractivity contribution in [3.05, 3.63) is 17.5 Å². The first-order valence-corrected chi connectivity index (χ1v) is 6.53. The Morgan fingerprint density at radius 1 is 1.47 bits per heavy atom. The van der Waals surface area contributed by atoms with E-state index in [2.05, 4.69) is 10.4 Å². The zero-order valence-corrected chi connectivity index (χ0v) is 11.6. The van der Waals surface area contributed by atoms with Gasteiger partial charge in [0.1, 0.15) is 0 Å². The molecule has 0 spiro atoms. The lowest BCUT2D eigenvalue weighted by Crippen LogP contribution is -2.33. The number of hydrogen-bond acceptors (Lipinski definition) is 3. The molecule has 106 valence electrons. The first-order chi connectivity index (χ1) is 8.99. The molecule has 1 heterocycles. The fourth-order valence-corrected chi connectivity index (χ4v) is 1.96. The van der Waals surface area contributed by atoms with E-state index >= 15 is 0 Å². The van der Waals surface area contributed by atoms with Gasteiger partial charge in [0, 0.05) is 19.8 Å². The Morgan fingerprint density at radius 3 is 2.68 bits per heavy atom. The van der Waals surface area contributed by atoms with E-state index in [1.807, 2.05) is 13.8 Å². The predicted octanol–water partition coefficient (Wildman–Crippen LogP) is 1.21. The van der Waals surface area contributed by atoms with Crippen molar-refractivity contribution in [2.45, 2.75) is 33.1 Å². The lowest BCUT2D eigenvalue weighted by atomic mass is 10.0. The Kier molecular flexibility index (Phi) is 5.54. The number of rotatable bonds is 7. The lowest BCUT2D eigenvalue weighted by Gasteiger charge is -2.12. The predicted molar refractivity (Wildman–Crippen MR) is 71.0 cm³/mol. The van der Waals surface area contributed by atoms with Crippen LogP contribution in [0.3, 0.4) is 0 Å². The largest absolute Gasteiger partial charge is 0.481 e. The molecule has 0 radical (unpaired) electrons. The highest BCUT2D eigenvalue weighted by Gasteiger charge is 2.19. The maximum Gasteiger partial charge on any atom is 0.308 e. The Hall–Kier alpha value is -1.85. The summed E-state index contributed by atoms with van der Waals surface area (Å²) in [5.74, 6) is -1.66. The summed E-state index contributed by atoms with van der Waals surface area (Å²) in [4.78, 5) is 23.0. The van der Waals surface area contributed by atoms with Crippen molar-refractivity contribution < 1.29 is 14.7 Å². The first kappa shape index (κ1) is 15.2. The van der Waals surface area contributed by atoms with Gasteiger partial charge < -0.3 is 10.4 Å². The van der Waals surface area contributed by atoms with Crippen LogP contribution >= 0.6 is 0 Å². The van der Waals surface area contributed by atoms with Crippen molar-refractivity contribution >= 4 is 11.9 Å². The molecular weight excluding hydrogens is 246 g/mol. The van der Waals surface area contributed by atoms with E-state index in [-0.39, 0.29) is 12.5 Å². The number of nitrogens with zero attached hydrogens (tertiary/aromatic N) is 2. The Bertz CT molecular complexity index is 454. The number of carboxylic acid groups (broad SMARTS) is 1. The number of amides is 1. The minimum atomic E-state index is -0.871. The van der Waals surface area contributed by atoms with Gasteiger partial charge in [-0.1, -0.05) is 20.3 Å². The summed E-state index contributed by atoms with van der Waals surface area (Å²) in [6.07, 6.45) is 3.66. The summed E-state index contributed by atoms with van der Waals surface area (Å²) in [6, 6.07) is 0. The molecular formula is C13H21N3O3. The average molecular weight is 267 g/mol. The van der Waals surface area contributed by atoms with Crippen LogP contribution in [0.15, 0.2) is 6.20 Å². The summed E-state index contributed by atoms with van der Waals surface area (Å²) in [5.41, 5.74) is 1.24. The number of hydrogen-bond donors (Lipinski definition) is 2. The van der Waals surface area contributed by atoms with E-state index in [1.165, 1.54) is 0 Å². The van der Waals surface area contributed by atoms with E-state index in [0.717, 1.165) is 12.1 Å². The topological polar surface area (TPSA) is 84.2 Å². The summed E-state index contributed by atoms with van der Waals surface area (Å²) in [5, 5.41) is 15.9. The molecule has 0 fully saturated rings. The maximum atomic E-state index is 12.0. The molecule has 6 nitrogen and oxygen atoms in total. The molecule has 1 amide bonds. The SMILES string of the molecule is CCCC(CNC(=O)c1cn(C)nc1CC)C(=O)O. The van der Waals surface area contributed by atoms with Crippen molar-refractivity contribution in [2.24, 2.45) is 13.0 Å². The molecule has 0 aromatic carbocycles. The van der Waals surface area contributed by atoms with Crippen LogP contribution in [0.2, 0.25) is 0 Å². The van der Waals surface area contributed by atoms with Crippen molar-refractivity contribution in [1.29, 1.82) is 0 Å². The van der Waals surface area contributed by atoms with Crippen LogP contribution in [0, 0.1) is 5.92 Å². The summed E-state index contributed by atoms with van der Waals surface area (Å²) in [7, 11) is 1.76. The summed E-state index contributed by atoms with van der Waals surface area (Å²) >= 11 is 0. The van der Waals surface area contributed by atoms with Gasteiger partial charge in [0.2, 0.25) is 0 Å². The van der Waals surface area contributed by atoms with Gasteiger partial charge >= 0.3 is 5.97 Å². The Morgan fingerprint density at radius 2 is 2.16 bits per heavy atom. The second-order valence-corrected chi connectivity index (χ2v) is 4.55. The van der Waals surface area contributed by atoms with Crippen LogP contribution in [0.4, 0.5) is 0 Å². The molecule has 0 saturated carbocycles. The molecule has 0 saturated heterocycles. The third kappa shape index (κ3) is 4.08. The molecule has 1 aromatic rings. The molecule has 0 bridgehead atoms. The van der Waals surface area contributed by atoms with Crippen molar-refractivity contribution in [1.82, 2.24) is 15.1 Å². The van der Waals surface area contributed by atoms with Gasteiger partial charge in [-0.3, -0.25) is 14.3 Å². The van der Waals surface area contributed by atoms with Crippen LogP contribution in [-0.4, -0.2) is 33.3 Å². The maximum absolute atomic E-state index is 12.0. The molecule has 0 aliphatic heterocycles. The standard InChI is InChI=1S/C13H21N3O3/c1-4-6-9(13(18)19)7-14-12(17)10-8-16(3)15-11(10)5-2/h8-9H,4-7H2,1-3H3,(H,14,17)(H,18,19). The van der Waals surface area contributed by atoms with Crippen LogP contribution in [-0.2, 0) is 18.3 Å². The van der Waals surface area contributed by atoms with Gasteiger partial charge in [0.15, 0.2) is 0 Å². The van der Waals surface area contributed by atoms with Crippen LogP contribution in [0.25, 0.3) is 0 Å².